The maximum absolute atomic E-state index is 13.1. The normalized spacial score (nSPS) is 17.1. The zero-order valence-electron chi connectivity index (χ0n) is 16.7. The summed E-state index contributed by atoms with van der Waals surface area (Å²) < 4.78 is 13.1. The van der Waals surface area contributed by atoms with Crippen LogP contribution in [-0.2, 0) is 16.2 Å². The van der Waals surface area contributed by atoms with Gasteiger partial charge in [0.15, 0.2) is 5.11 Å². The molecule has 0 saturated carbocycles. The van der Waals surface area contributed by atoms with Crippen molar-refractivity contribution in [3.8, 4) is 0 Å². The van der Waals surface area contributed by atoms with Crippen molar-refractivity contribution in [3.63, 3.8) is 0 Å². The maximum atomic E-state index is 13.1. The van der Waals surface area contributed by atoms with Gasteiger partial charge in [-0.05, 0) is 54.2 Å². The van der Waals surface area contributed by atoms with E-state index >= 15 is 0 Å². The number of hydrogen-bond acceptors (Lipinski definition) is 4. The molecule has 0 unspecified atom stereocenters. The van der Waals surface area contributed by atoms with E-state index in [1.54, 1.807) is 24.3 Å². The van der Waals surface area contributed by atoms with Gasteiger partial charge in [-0.3, -0.25) is 4.79 Å². The Hall–Kier alpha value is -2.71. The van der Waals surface area contributed by atoms with Crippen molar-refractivity contribution in [2.75, 3.05) is 18.4 Å². The van der Waals surface area contributed by atoms with Crippen molar-refractivity contribution >= 4 is 46.2 Å². The van der Waals surface area contributed by atoms with Crippen molar-refractivity contribution in [1.29, 1.82) is 0 Å². The van der Waals surface area contributed by atoms with Crippen LogP contribution in [0.5, 0.6) is 0 Å². The molecule has 0 radical (unpaired) electrons. The van der Waals surface area contributed by atoms with E-state index in [1.807, 2.05) is 17.0 Å². The summed E-state index contributed by atoms with van der Waals surface area (Å²) in [7, 11) is 0. The Kier molecular flexibility index (Phi) is 6.38. The highest BCUT2D eigenvalue weighted by atomic mass is 35.5. The van der Waals surface area contributed by atoms with Gasteiger partial charge in [0.05, 0.1) is 0 Å². The minimum atomic E-state index is -0.463. The third kappa shape index (κ3) is 5.32. The molecule has 2 aliphatic heterocycles. The van der Waals surface area contributed by atoms with Crippen LogP contribution in [0.25, 0.3) is 0 Å². The van der Waals surface area contributed by atoms with Gasteiger partial charge in [-0.15, -0.1) is 0 Å². The van der Waals surface area contributed by atoms with E-state index in [-0.39, 0.29) is 11.7 Å². The quantitative estimate of drug-likeness (QED) is 0.672. The number of likely N-dealkylation sites (tertiary alicyclic amines) is 1. The van der Waals surface area contributed by atoms with Crippen LogP contribution in [0.4, 0.5) is 10.1 Å². The standard InChI is InChI=1S/C22H22ClFN4O2S/c23-16-3-1-15(2-4-16)14-25-20(29)19-13-22(30-27-19)9-11-28(12-10-22)21(31)26-18-7-5-17(24)6-8-18/h1-8H,9-14H2,(H,25,29)(H,26,31). The van der Waals surface area contributed by atoms with Crippen LogP contribution < -0.4 is 10.6 Å². The Morgan fingerprint density at radius 3 is 2.52 bits per heavy atom. The molecule has 1 saturated heterocycles. The number of piperidine rings is 1. The lowest BCUT2D eigenvalue weighted by Crippen LogP contribution is -2.48. The molecular formula is C22H22ClFN4O2S. The summed E-state index contributed by atoms with van der Waals surface area (Å²) in [6, 6.07) is 13.4. The lowest BCUT2D eigenvalue weighted by Gasteiger charge is -2.38. The number of nitrogens with one attached hydrogen (secondary N) is 2. The van der Waals surface area contributed by atoms with Crippen LogP contribution >= 0.6 is 23.8 Å². The number of carbonyl (C=O) groups excluding carboxylic acids is 1. The summed E-state index contributed by atoms with van der Waals surface area (Å²) in [5, 5.41) is 11.3. The molecule has 162 valence electrons. The lowest BCUT2D eigenvalue weighted by atomic mass is 9.87. The molecule has 1 spiro atoms. The van der Waals surface area contributed by atoms with E-state index < -0.39 is 5.60 Å². The van der Waals surface area contributed by atoms with E-state index in [2.05, 4.69) is 15.8 Å². The Balaban J connectivity index is 1.25. The highest BCUT2D eigenvalue weighted by Gasteiger charge is 2.44. The summed E-state index contributed by atoms with van der Waals surface area (Å²) in [6.07, 6.45) is 1.89. The highest BCUT2D eigenvalue weighted by molar-refractivity contribution is 7.80. The van der Waals surface area contributed by atoms with Crippen LogP contribution in [-0.4, -0.2) is 40.3 Å². The summed E-state index contributed by atoms with van der Waals surface area (Å²) in [4.78, 5) is 20.3. The molecule has 1 amide bonds. The number of amides is 1. The molecule has 1 fully saturated rings. The molecular weight excluding hydrogens is 439 g/mol. The SMILES string of the molecule is O=C(NCc1ccc(Cl)cc1)C1=NOC2(CCN(C(=S)Nc3ccc(F)cc3)CC2)C1. The fourth-order valence-electron chi connectivity index (χ4n) is 3.65. The number of nitrogens with zero attached hydrogens (tertiary/aromatic N) is 2. The molecule has 0 atom stereocenters. The number of halogens is 2. The first-order valence-corrected chi connectivity index (χ1v) is 10.8. The van der Waals surface area contributed by atoms with E-state index in [4.69, 9.17) is 28.7 Å². The second-order valence-corrected chi connectivity index (χ2v) is 8.55. The molecule has 0 bridgehead atoms. The van der Waals surface area contributed by atoms with E-state index in [0.29, 0.717) is 54.7 Å². The molecule has 6 nitrogen and oxygen atoms in total. The van der Waals surface area contributed by atoms with Gasteiger partial charge < -0.3 is 20.4 Å². The van der Waals surface area contributed by atoms with Crippen molar-refractivity contribution in [3.05, 3.63) is 64.9 Å². The zero-order chi connectivity index (χ0) is 21.8. The summed E-state index contributed by atoms with van der Waals surface area (Å²) in [6.45, 7) is 1.77. The Morgan fingerprint density at radius 2 is 1.84 bits per heavy atom. The molecule has 2 aromatic rings. The molecule has 0 aromatic heterocycles. The molecule has 9 heteroatoms. The van der Waals surface area contributed by atoms with Crippen LogP contribution in [0.3, 0.4) is 0 Å². The summed E-state index contributed by atoms with van der Waals surface area (Å²) in [5.74, 6) is -0.509. The van der Waals surface area contributed by atoms with E-state index in [1.165, 1.54) is 12.1 Å². The largest absolute Gasteiger partial charge is 0.388 e. The molecule has 4 rings (SSSR count). The van der Waals surface area contributed by atoms with E-state index in [0.717, 1.165) is 11.3 Å². The number of carbonyl (C=O) groups is 1. The Morgan fingerprint density at radius 1 is 1.16 bits per heavy atom. The van der Waals surface area contributed by atoms with Gasteiger partial charge in [0.25, 0.3) is 5.91 Å². The molecule has 31 heavy (non-hydrogen) atoms. The van der Waals surface area contributed by atoms with Gasteiger partial charge in [0, 0.05) is 49.6 Å². The zero-order valence-corrected chi connectivity index (χ0v) is 18.3. The van der Waals surface area contributed by atoms with Crippen molar-refractivity contribution in [2.24, 2.45) is 5.16 Å². The van der Waals surface area contributed by atoms with Gasteiger partial charge in [-0.2, -0.15) is 0 Å². The topological polar surface area (TPSA) is 66.0 Å². The Bertz CT molecular complexity index is 990. The highest BCUT2D eigenvalue weighted by Crippen LogP contribution is 2.35. The van der Waals surface area contributed by atoms with Crippen molar-refractivity contribution in [1.82, 2.24) is 10.2 Å². The monoisotopic (exact) mass is 460 g/mol. The first kappa shape index (κ1) is 21.5. The van der Waals surface area contributed by atoms with Crippen molar-refractivity contribution in [2.45, 2.75) is 31.4 Å². The fraction of sp³-hybridized carbons (Fsp3) is 0.318. The smallest absolute Gasteiger partial charge is 0.269 e. The van der Waals surface area contributed by atoms with Gasteiger partial charge >= 0.3 is 0 Å². The van der Waals surface area contributed by atoms with Gasteiger partial charge in [-0.1, -0.05) is 28.9 Å². The van der Waals surface area contributed by atoms with Gasteiger partial charge in [0.2, 0.25) is 0 Å². The number of hydrogen-bond donors (Lipinski definition) is 2. The number of anilines is 1. The minimum Gasteiger partial charge on any atom is -0.388 e. The maximum Gasteiger partial charge on any atom is 0.269 e. The predicted octanol–water partition coefficient (Wildman–Crippen LogP) is 4.10. The van der Waals surface area contributed by atoms with Crippen LogP contribution in [0.15, 0.2) is 53.7 Å². The second kappa shape index (κ2) is 9.20. The van der Waals surface area contributed by atoms with Crippen molar-refractivity contribution < 1.29 is 14.0 Å². The number of benzene rings is 2. The van der Waals surface area contributed by atoms with Crippen LogP contribution in [0.2, 0.25) is 5.02 Å². The number of thiocarbonyl (C=S) groups is 1. The first-order valence-electron chi connectivity index (χ1n) is 10.0. The molecule has 2 heterocycles. The third-order valence-corrected chi connectivity index (χ3v) is 6.14. The Labute approximate surface area is 190 Å². The molecule has 2 N–H and O–H groups in total. The van der Waals surface area contributed by atoms with E-state index in [9.17, 15) is 9.18 Å². The molecule has 2 aromatic carbocycles. The second-order valence-electron chi connectivity index (χ2n) is 7.72. The average Bonchev–Trinajstić information content (AvgIpc) is 3.19. The predicted molar refractivity (Wildman–Crippen MR) is 123 cm³/mol. The van der Waals surface area contributed by atoms with Crippen LogP contribution in [0.1, 0.15) is 24.8 Å². The van der Waals surface area contributed by atoms with Crippen LogP contribution in [0, 0.1) is 5.82 Å². The summed E-state index contributed by atoms with van der Waals surface area (Å²) >= 11 is 11.4. The minimum absolute atomic E-state index is 0.220. The third-order valence-electron chi connectivity index (χ3n) is 5.52. The number of rotatable bonds is 4. The fourth-order valence-corrected chi connectivity index (χ4v) is 4.08. The lowest BCUT2D eigenvalue weighted by molar-refractivity contribution is -0.115. The summed E-state index contributed by atoms with van der Waals surface area (Å²) in [5.41, 5.74) is 1.65. The average molecular weight is 461 g/mol. The number of oxime groups is 1. The first-order chi connectivity index (χ1) is 14.9. The molecule has 0 aliphatic carbocycles. The molecule has 2 aliphatic rings. The van der Waals surface area contributed by atoms with Gasteiger partial charge in [0.1, 0.15) is 17.1 Å². The van der Waals surface area contributed by atoms with Gasteiger partial charge in [-0.25, -0.2) is 4.39 Å².